The quantitative estimate of drug-likeness (QED) is 0.251. The molecule has 5 rings (SSSR count). The van der Waals surface area contributed by atoms with Crippen LogP contribution in [0.4, 0.5) is 0 Å². The normalized spacial score (nSPS) is 11.5. The average Bonchev–Trinajstić information content (AvgIpc) is 2.91. The standard InChI is InChI=1S/C17H13NO2.C14H13NO2/c1-12-6-8-13(9-7-12)10-11-16-18-17(19)14-4-2-3-5-15(14)20-16;1-2-3-4-5-10-13-15-14(16)11-8-6-7-9-12(11)17-13/h2-11H,1H3;2-3,5-10H,4H2,1H3/b11-10+;3-2-,10-5+. The van der Waals surface area contributed by atoms with Crippen LogP contribution >= 0.6 is 0 Å². The van der Waals surface area contributed by atoms with Gasteiger partial charge in [-0.2, -0.15) is 9.97 Å². The summed E-state index contributed by atoms with van der Waals surface area (Å²) in [4.78, 5) is 31.3. The van der Waals surface area contributed by atoms with Crippen LogP contribution in [0.5, 0.6) is 0 Å². The van der Waals surface area contributed by atoms with Crippen molar-refractivity contribution in [1.29, 1.82) is 0 Å². The van der Waals surface area contributed by atoms with Gasteiger partial charge in [-0.15, -0.1) is 0 Å². The van der Waals surface area contributed by atoms with E-state index in [1.165, 1.54) is 5.56 Å². The number of para-hydroxylation sites is 2. The van der Waals surface area contributed by atoms with Gasteiger partial charge in [0.05, 0.1) is 10.8 Å². The van der Waals surface area contributed by atoms with Crippen molar-refractivity contribution < 1.29 is 8.83 Å². The fourth-order valence-corrected chi connectivity index (χ4v) is 3.43. The number of nitrogens with zero attached hydrogens (tertiary/aromatic N) is 2. The van der Waals surface area contributed by atoms with Gasteiger partial charge in [0.2, 0.25) is 11.8 Å². The maximum atomic E-state index is 11.9. The van der Waals surface area contributed by atoms with E-state index >= 15 is 0 Å². The molecule has 0 unspecified atom stereocenters. The minimum atomic E-state index is -0.268. The highest BCUT2D eigenvalue weighted by Gasteiger charge is 2.03. The van der Waals surface area contributed by atoms with Gasteiger partial charge in [0, 0.05) is 6.08 Å². The molecule has 2 aromatic heterocycles. The highest BCUT2D eigenvalue weighted by Crippen LogP contribution is 2.13. The summed E-state index contributed by atoms with van der Waals surface area (Å²) >= 11 is 0. The van der Waals surface area contributed by atoms with Crippen molar-refractivity contribution in [2.75, 3.05) is 0 Å². The zero-order valence-corrected chi connectivity index (χ0v) is 20.6. The Balaban J connectivity index is 0.000000176. The highest BCUT2D eigenvalue weighted by atomic mass is 16.3. The van der Waals surface area contributed by atoms with Gasteiger partial charge >= 0.3 is 0 Å². The minimum absolute atomic E-state index is 0.252. The average molecular weight is 491 g/mol. The Kier molecular flexibility index (Phi) is 8.34. The molecule has 0 saturated heterocycles. The van der Waals surface area contributed by atoms with Crippen LogP contribution in [0.2, 0.25) is 0 Å². The van der Waals surface area contributed by atoms with Crippen molar-refractivity contribution in [2.24, 2.45) is 0 Å². The van der Waals surface area contributed by atoms with E-state index < -0.39 is 0 Å². The number of allylic oxidation sites excluding steroid dienone is 3. The van der Waals surface area contributed by atoms with Crippen LogP contribution in [0, 0.1) is 6.92 Å². The van der Waals surface area contributed by atoms with Gasteiger partial charge in [-0.25, -0.2) is 0 Å². The molecule has 0 saturated carbocycles. The molecular weight excluding hydrogens is 464 g/mol. The van der Waals surface area contributed by atoms with Gasteiger partial charge in [-0.3, -0.25) is 9.59 Å². The Hall–Kier alpha value is -4.84. The Labute approximate surface area is 214 Å². The summed E-state index contributed by atoms with van der Waals surface area (Å²) in [5, 5.41) is 1.01. The monoisotopic (exact) mass is 490 g/mol. The Morgan fingerprint density at radius 1 is 0.676 bits per heavy atom. The van der Waals surface area contributed by atoms with Crippen LogP contribution in [0.15, 0.2) is 109 Å². The molecule has 184 valence electrons. The van der Waals surface area contributed by atoms with E-state index in [0.717, 1.165) is 12.0 Å². The number of aromatic nitrogens is 2. The molecule has 0 radical (unpaired) electrons. The minimum Gasteiger partial charge on any atom is -0.438 e. The summed E-state index contributed by atoms with van der Waals surface area (Å²) in [5.41, 5.74) is 2.84. The molecular formula is C31H26N2O4. The molecule has 0 aliphatic rings. The van der Waals surface area contributed by atoms with Crippen LogP contribution < -0.4 is 11.1 Å². The molecule has 6 nitrogen and oxygen atoms in total. The first-order valence-corrected chi connectivity index (χ1v) is 11.9. The van der Waals surface area contributed by atoms with E-state index in [9.17, 15) is 9.59 Å². The van der Waals surface area contributed by atoms with Crippen molar-refractivity contribution in [3.63, 3.8) is 0 Å². The first-order chi connectivity index (χ1) is 18.0. The smallest absolute Gasteiger partial charge is 0.284 e. The van der Waals surface area contributed by atoms with Crippen molar-refractivity contribution >= 4 is 40.2 Å². The third-order valence-corrected chi connectivity index (χ3v) is 5.35. The van der Waals surface area contributed by atoms with E-state index in [1.54, 1.807) is 48.6 Å². The fraction of sp³-hybridized carbons (Fsp3) is 0.0968. The summed E-state index contributed by atoms with van der Waals surface area (Å²) in [6.07, 6.45) is 12.0. The lowest BCUT2D eigenvalue weighted by molar-refractivity contribution is 0.563. The summed E-state index contributed by atoms with van der Waals surface area (Å²) in [6, 6.07) is 22.3. The molecule has 0 fully saturated rings. The van der Waals surface area contributed by atoms with Gasteiger partial charge in [-0.1, -0.05) is 72.3 Å². The molecule has 0 aliphatic heterocycles. The Morgan fingerprint density at radius 3 is 1.78 bits per heavy atom. The predicted molar refractivity (Wildman–Crippen MR) is 149 cm³/mol. The maximum absolute atomic E-state index is 11.9. The molecule has 0 atom stereocenters. The van der Waals surface area contributed by atoms with E-state index in [1.807, 2.05) is 74.5 Å². The van der Waals surface area contributed by atoms with Crippen molar-refractivity contribution in [2.45, 2.75) is 20.3 Å². The lowest BCUT2D eigenvalue weighted by atomic mass is 10.1. The second-order valence-corrected chi connectivity index (χ2v) is 8.16. The Bertz CT molecular complexity index is 1710. The predicted octanol–water partition coefficient (Wildman–Crippen LogP) is 6.83. The van der Waals surface area contributed by atoms with Gasteiger partial charge in [0.15, 0.2) is 0 Å². The summed E-state index contributed by atoms with van der Waals surface area (Å²) in [7, 11) is 0. The fourth-order valence-electron chi connectivity index (χ4n) is 3.43. The van der Waals surface area contributed by atoms with Gasteiger partial charge in [0.25, 0.3) is 11.1 Å². The second-order valence-electron chi connectivity index (χ2n) is 8.16. The molecule has 3 aromatic carbocycles. The van der Waals surface area contributed by atoms with Crippen LogP contribution in [-0.2, 0) is 0 Å². The van der Waals surface area contributed by atoms with Crippen LogP contribution in [0.3, 0.4) is 0 Å². The number of aryl methyl sites for hydroxylation is 1. The van der Waals surface area contributed by atoms with Gasteiger partial charge in [-0.05, 0) is 62.2 Å². The zero-order chi connectivity index (χ0) is 26.0. The summed E-state index contributed by atoms with van der Waals surface area (Å²) in [5.74, 6) is 0.660. The molecule has 6 heteroatoms. The lowest BCUT2D eigenvalue weighted by Crippen LogP contribution is -2.06. The van der Waals surface area contributed by atoms with Gasteiger partial charge in [0.1, 0.15) is 11.2 Å². The number of hydrogen-bond donors (Lipinski definition) is 0. The molecule has 0 amide bonds. The third kappa shape index (κ3) is 6.86. The lowest BCUT2D eigenvalue weighted by Gasteiger charge is -1.98. The van der Waals surface area contributed by atoms with E-state index in [0.29, 0.717) is 33.7 Å². The van der Waals surface area contributed by atoms with E-state index in [2.05, 4.69) is 9.97 Å². The third-order valence-electron chi connectivity index (χ3n) is 5.35. The van der Waals surface area contributed by atoms with Crippen molar-refractivity contribution in [3.05, 3.63) is 135 Å². The summed E-state index contributed by atoms with van der Waals surface area (Å²) < 4.78 is 11.1. The number of benzene rings is 3. The van der Waals surface area contributed by atoms with Gasteiger partial charge < -0.3 is 8.83 Å². The first-order valence-electron chi connectivity index (χ1n) is 11.9. The first kappa shape index (κ1) is 25.3. The van der Waals surface area contributed by atoms with Crippen LogP contribution in [0.25, 0.3) is 40.2 Å². The Morgan fingerprint density at radius 2 is 1.22 bits per heavy atom. The molecule has 37 heavy (non-hydrogen) atoms. The maximum Gasteiger partial charge on any atom is 0.284 e. The molecule has 0 bridgehead atoms. The number of fused-ring (bicyclic) bond motifs is 2. The molecule has 0 spiro atoms. The molecule has 0 aliphatic carbocycles. The van der Waals surface area contributed by atoms with Crippen molar-refractivity contribution in [3.8, 4) is 0 Å². The second kappa shape index (κ2) is 12.2. The SMILES string of the molecule is C/C=C\C/C=C/c1nc(=O)c2ccccc2o1.Cc1ccc(/C=C/c2nc(=O)c3ccccc3o2)cc1. The molecule has 0 N–H and O–H groups in total. The molecule has 5 aromatic rings. The van der Waals surface area contributed by atoms with Crippen LogP contribution in [0.1, 0.15) is 36.3 Å². The largest absolute Gasteiger partial charge is 0.438 e. The number of hydrogen-bond acceptors (Lipinski definition) is 6. The zero-order valence-electron chi connectivity index (χ0n) is 20.6. The highest BCUT2D eigenvalue weighted by molar-refractivity contribution is 5.77. The number of rotatable bonds is 5. The summed E-state index contributed by atoms with van der Waals surface area (Å²) in [6.45, 7) is 4.00. The topological polar surface area (TPSA) is 86.2 Å². The molecule has 2 heterocycles. The van der Waals surface area contributed by atoms with E-state index in [4.69, 9.17) is 8.83 Å². The van der Waals surface area contributed by atoms with Crippen molar-refractivity contribution in [1.82, 2.24) is 9.97 Å². The van der Waals surface area contributed by atoms with Crippen LogP contribution in [-0.4, -0.2) is 9.97 Å². The van der Waals surface area contributed by atoms with E-state index in [-0.39, 0.29) is 11.1 Å².